The number of hydrogen-bond donors (Lipinski definition) is 2. The molecule has 1 heterocycles. The van der Waals surface area contributed by atoms with E-state index in [2.05, 4.69) is 15.3 Å². The predicted molar refractivity (Wildman–Crippen MR) is 67.0 cm³/mol. The Bertz CT molecular complexity index is 592. The molecule has 0 saturated carbocycles. The SMILES string of the molecule is CCNc1cc(Oc2ccc(F)cc2F)nc(N)n1. The molecule has 1 aromatic heterocycles. The van der Waals surface area contributed by atoms with Gasteiger partial charge in [0.1, 0.15) is 11.6 Å². The Labute approximate surface area is 108 Å². The number of ether oxygens (including phenoxy) is 1. The van der Waals surface area contributed by atoms with E-state index in [1.807, 2.05) is 6.92 Å². The minimum absolute atomic E-state index is 0.00373. The molecule has 0 saturated heterocycles. The van der Waals surface area contributed by atoms with Crippen molar-refractivity contribution in [2.75, 3.05) is 17.6 Å². The van der Waals surface area contributed by atoms with E-state index in [9.17, 15) is 8.78 Å². The van der Waals surface area contributed by atoms with E-state index < -0.39 is 11.6 Å². The number of nitrogen functional groups attached to an aromatic ring is 1. The minimum Gasteiger partial charge on any atom is -0.436 e. The van der Waals surface area contributed by atoms with Crippen molar-refractivity contribution in [3.8, 4) is 11.6 Å². The van der Waals surface area contributed by atoms with Crippen LogP contribution in [0.1, 0.15) is 6.92 Å². The van der Waals surface area contributed by atoms with Gasteiger partial charge in [-0.15, -0.1) is 0 Å². The highest BCUT2D eigenvalue weighted by atomic mass is 19.1. The van der Waals surface area contributed by atoms with Gasteiger partial charge in [0.2, 0.25) is 11.8 Å². The number of nitrogens with two attached hydrogens (primary N) is 1. The first-order chi connectivity index (χ1) is 9.08. The molecule has 0 aliphatic heterocycles. The highest BCUT2D eigenvalue weighted by Gasteiger charge is 2.09. The van der Waals surface area contributed by atoms with Crippen LogP contribution in [0.3, 0.4) is 0 Å². The molecule has 5 nitrogen and oxygen atoms in total. The van der Waals surface area contributed by atoms with Crippen LogP contribution in [0.4, 0.5) is 20.5 Å². The lowest BCUT2D eigenvalue weighted by atomic mass is 10.3. The van der Waals surface area contributed by atoms with Crippen molar-refractivity contribution < 1.29 is 13.5 Å². The van der Waals surface area contributed by atoms with E-state index in [1.54, 1.807) is 0 Å². The molecule has 3 N–H and O–H groups in total. The average Bonchev–Trinajstić information content (AvgIpc) is 2.32. The largest absolute Gasteiger partial charge is 0.436 e. The zero-order chi connectivity index (χ0) is 13.8. The molecule has 7 heteroatoms. The van der Waals surface area contributed by atoms with Crippen LogP contribution >= 0.6 is 0 Å². The Morgan fingerprint density at radius 3 is 2.74 bits per heavy atom. The highest BCUT2D eigenvalue weighted by Crippen LogP contribution is 2.25. The Hall–Kier alpha value is -2.44. The zero-order valence-electron chi connectivity index (χ0n) is 10.2. The maximum Gasteiger partial charge on any atom is 0.226 e. The van der Waals surface area contributed by atoms with E-state index >= 15 is 0 Å². The first-order valence-electron chi connectivity index (χ1n) is 5.60. The summed E-state index contributed by atoms with van der Waals surface area (Å²) in [6.45, 7) is 2.53. The van der Waals surface area contributed by atoms with E-state index in [1.165, 1.54) is 12.1 Å². The van der Waals surface area contributed by atoms with Crippen LogP contribution in [-0.4, -0.2) is 16.5 Å². The molecule has 19 heavy (non-hydrogen) atoms. The fourth-order valence-corrected chi connectivity index (χ4v) is 1.44. The Balaban J connectivity index is 2.27. The molecular formula is C12H12F2N4O. The summed E-state index contributed by atoms with van der Waals surface area (Å²) in [5.74, 6) is -1.10. The fraction of sp³-hybridized carbons (Fsp3) is 0.167. The van der Waals surface area contributed by atoms with Gasteiger partial charge in [-0.3, -0.25) is 0 Å². The van der Waals surface area contributed by atoms with Gasteiger partial charge in [-0.25, -0.2) is 8.78 Å². The average molecular weight is 266 g/mol. The van der Waals surface area contributed by atoms with Crippen LogP contribution in [0.5, 0.6) is 11.6 Å². The summed E-state index contributed by atoms with van der Waals surface area (Å²) in [7, 11) is 0. The quantitative estimate of drug-likeness (QED) is 0.889. The zero-order valence-corrected chi connectivity index (χ0v) is 10.2. The number of anilines is 2. The summed E-state index contributed by atoms with van der Waals surface area (Å²) in [6, 6.07) is 4.47. The van der Waals surface area contributed by atoms with Crippen molar-refractivity contribution in [1.82, 2.24) is 9.97 Å². The molecule has 2 aromatic rings. The van der Waals surface area contributed by atoms with Crippen molar-refractivity contribution in [2.24, 2.45) is 0 Å². The van der Waals surface area contributed by atoms with Crippen LogP contribution in [0.15, 0.2) is 24.3 Å². The van der Waals surface area contributed by atoms with Crippen LogP contribution < -0.4 is 15.8 Å². The maximum absolute atomic E-state index is 13.4. The van der Waals surface area contributed by atoms with Gasteiger partial charge in [-0.05, 0) is 19.1 Å². The number of nitrogens with zero attached hydrogens (tertiary/aromatic N) is 2. The van der Waals surface area contributed by atoms with E-state index in [0.29, 0.717) is 12.4 Å². The molecule has 0 amide bonds. The van der Waals surface area contributed by atoms with Gasteiger partial charge in [0.15, 0.2) is 11.6 Å². The maximum atomic E-state index is 13.4. The second kappa shape index (κ2) is 5.47. The first-order valence-corrected chi connectivity index (χ1v) is 5.60. The molecule has 0 bridgehead atoms. The van der Waals surface area contributed by atoms with Gasteiger partial charge in [-0.2, -0.15) is 9.97 Å². The van der Waals surface area contributed by atoms with Crippen LogP contribution in [0, 0.1) is 11.6 Å². The number of nitrogens with one attached hydrogen (secondary N) is 1. The number of aromatic nitrogens is 2. The van der Waals surface area contributed by atoms with Crippen LogP contribution in [0.2, 0.25) is 0 Å². The molecule has 0 unspecified atom stereocenters. The molecule has 0 fully saturated rings. The lowest BCUT2D eigenvalue weighted by Gasteiger charge is -2.08. The molecule has 1 aromatic carbocycles. The van der Waals surface area contributed by atoms with Crippen LogP contribution in [0.25, 0.3) is 0 Å². The van der Waals surface area contributed by atoms with Crippen LogP contribution in [-0.2, 0) is 0 Å². The standard InChI is InChI=1S/C12H12F2N4O/c1-2-16-10-6-11(18-12(15)17-10)19-9-4-3-7(13)5-8(9)14/h3-6H,2H2,1H3,(H3,15,16,17,18). The topological polar surface area (TPSA) is 73.1 Å². The molecule has 0 aliphatic rings. The van der Waals surface area contributed by atoms with Gasteiger partial charge in [0.25, 0.3) is 0 Å². The van der Waals surface area contributed by atoms with Gasteiger partial charge >= 0.3 is 0 Å². The van der Waals surface area contributed by atoms with Crippen molar-refractivity contribution in [2.45, 2.75) is 6.92 Å². The van der Waals surface area contributed by atoms with Gasteiger partial charge in [0, 0.05) is 18.7 Å². The minimum atomic E-state index is -0.817. The lowest BCUT2D eigenvalue weighted by molar-refractivity contribution is 0.424. The molecule has 0 spiro atoms. The van der Waals surface area contributed by atoms with Crippen molar-refractivity contribution in [1.29, 1.82) is 0 Å². The number of halogens is 2. The molecule has 2 rings (SSSR count). The summed E-state index contributed by atoms with van der Waals surface area (Å²) in [4.78, 5) is 7.74. The molecule has 100 valence electrons. The fourth-order valence-electron chi connectivity index (χ4n) is 1.44. The lowest BCUT2D eigenvalue weighted by Crippen LogP contribution is -2.04. The number of hydrogen-bond acceptors (Lipinski definition) is 5. The predicted octanol–water partition coefficient (Wildman–Crippen LogP) is 2.56. The third-order valence-electron chi connectivity index (χ3n) is 2.19. The van der Waals surface area contributed by atoms with Crippen molar-refractivity contribution in [3.05, 3.63) is 35.9 Å². The van der Waals surface area contributed by atoms with E-state index in [0.717, 1.165) is 12.1 Å². The van der Waals surface area contributed by atoms with Gasteiger partial charge < -0.3 is 15.8 Å². The Kier molecular flexibility index (Phi) is 3.74. The van der Waals surface area contributed by atoms with Gasteiger partial charge in [0.05, 0.1) is 0 Å². The monoisotopic (exact) mass is 266 g/mol. The summed E-state index contributed by atoms with van der Waals surface area (Å²) in [6.07, 6.45) is 0. The summed E-state index contributed by atoms with van der Waals surface area (Å²) in [5.41, 5.74) is 5.51. The van der Waals surface area contributed by atoms with Crippen molar-refractivity contribution >= 4 is 11.8 Å². The number of benzene rings is 1. The van der Waals surface area contributed by atoms with E-state index in [4.69, 9.17) is 10.5 Å². The summed E-state index contributed by atoms with van der Waals surface area (Å²) in [5, 5.41) is 2.93. The number of rotatable bonds is 4. The highest BCUT2D eigenvalue weighted by molar-refractivity contribution is 5.44. The molecule has 0 aliphatic carbocycles. The second-order valence-corrected chi connectivity index (χ2v) is 3.66. The second-order valence-electron chi connectivity index (χ2n) is 3.66. The third-order valence-corrected chi connectivity index (χ3v) is 2.19. The first kappa shape index (κ1) is 13.0. The Morgan fingerprint density at radius 1 is 1.26 bits per heavy atom. The Morgan fingerprint density at radius 2 is 2.05 bits per heavy atom. The molecular weight excluding hydrogens is 254 g/mol. The summed E-state index contributed by atoms with van der Waals surface area (Å²) >= 11 is 0. The molecule has 0 atom stereocenters. The van der Waals surface area contributed by atoms with Crippen molar-refractivity contribution in [3.63, 3.8) is 0 Å². The normalized spacial score (nSPS) is 10.3. The third kappa shape index (κ3) is 3.27. The summed E-state index contributed by atoms with van der Waals surface area (Å²) < 4.78 is 31.4. The van der Waals surface area contributed by atoms with E-state index in [-0.39, 0.29) is 17.6 Å². The van der Waals surface area contributed by atoms with Gasteiger partial charge in [-0.1, -0.05) is 0 Å². The molecule has 0 radical (unpaired) electrons. The smallest absolute Gasteiger partial charge is 0.226 e.